The summed E-state index contributed by atoms with van der Waals surface area (Å²) in [5, 5.41) is 0. The molecule has 0 N–H and O–H groups in total. The zero-order valence-corrected chi connectivity index (χ0v) is 10.1. The summed E-state index contributed by atoms with van der Waals surface area (Å²) in [6.45, 7) is 3.73. The molecule has 3 heteroatoms. The van der Waals surface area contributed by atoms with Crippen molar-refractivity contribution in [3.8, 4) is 5.75 Å². The van der Waals surface area contributed by atoms with E-state index in [2.05, 4.69) is 19.1 Å². The Hall–Kier alpha value is -1.32. The van der Waals surface area contributed by atoms with Gasteiger partial charge in [-0.25, -0.2) is 0 Å². The first kappa shape index (κ1) is 12.1. The number of ether oxygens (including phenoxy) is 3. The molecule has 0 unspecified atom stereocenters. The highest BCUT2D eigenvalue weighted by molar-refractivity contribution is 5.27. The van der Waals surface area contributed by atoms with Gasteiger partial charge in [-0.1, -0.05) is 31.2 Å². The molecule has 0 amide bonds. The van der Waals surface area contributed by atoms with Crippen LogP contribution in [0.3, 0.4) is 0 Å². The third-order valence-corrected chi connectivity index (χ3v) is 2.64. The van der Waals surface area contributed by atoms with Crippen molar-refractivity contribution in [2.45, 2.75) is 19.6 Å². The third-order valence-electron chi connectivity index (χ3n) is 2.64. The first-order chi connectivity index (χ1) is 8.38. The summed E-state index contributed by atoms with van der Waals surface area (Å²) < 4.78 is 16.5. The van der Waals surface area contributed by atoms with Crippen LogP contribution in [0.4, 0.5) is 0 Å². The largest absolute Gasteiger partial charge is 0.488 e. The fourth-order valence-electron chi connectivity index (χ4n) is 1.59. The number of aryl methyl sites for hydroxylation is 1. The highest BCUT2D eigenvalue weighted by Crippen LogP contribution is 2.13. The van der Waals surface area contributed by atoms with E-state index in [1.165, 1.54) is 5.56 Å². The van der Waals surface area contributed by atoms with Gasteiger partial charge in [-0.15, -0.1) is 0 Å². The number of hydrogen-bond donors (Lipinski definition) is 0. The fourth-order valence-corrected chi connectivity index (χ4v) is 1.59. The van der Waals surface area contributed by atoms with Gasteiger partial charge in [-0.2, -0.15) is 0 Å². The zero-order valence-electron chi connectivity index (χ0n) is 10.1. The normalized spacial score (nSPS) is 16.8. The minimum absolute atomic E-state index is 0.282. The number of benzene rings is 1. The van der Waals surface area contributed by atoms with Crippen LogP contribution in [0.15, 0.2) is 36.4 Å². The van der Waals surface area contributed by atoms with E-state index in [1.54, 1.807) is 0 Å². The predicted octanol–water partition coefficient (Wildman–Crippen LogP) is 2.56. The first-order valence-electron chi connectivity index (χ1n) is 5.98. The van der Waals surface area contributed by atoms with E-state index >= 15 is 0 Å². The lowest BCUT2D eigenvalue weighted by Crippen LogP contribution is -2.24. The Bertz CT molecular complexity index is 346. The molecular formula is C14H18O3. The molecule has 3 nitrogen and oxygen atoms in total. The number of rotatable bonds is 4. The fraction of sp³-hybridized carbons (Fsp3) is 0.429. The Morgan fingerprint density at radius 2 is 1.76 bits per heavy atom. The van der Waals surface area contributed by atoms with Gasteiger partial charge in [0.25, 0.3) is 0 Å². The molecule has 1 aromatic carbocycles. The van der Waals surface area contributed by atoms with Crippen molar-refractivity contribution in [3.63, 3.8) is 0 Å². The van der Waals surface area contributed by atoms with Crippen LogP contribution in [0.25, 0.3) is 0 Å². The molecule has 0 fully saturated rings. The summed E-state index contributed by atoms with van der Waals surface area (Å²) in [5.41, 5.74) is 1.31. The van der Waals surface area contributed by atoms with Crippen molar-refractivity contribution in [3.05, 3.63) is 42.0 Å². The van der Waals surface area contributed by atoms with Crippen LogP contribution in [-0.2, 0) is 15.9 Å². The molecule has 1 aliphatic rings. The van der Waals surface area contributed by atoms with Crippen molar-refractivity contribution in [1.29, 1.82) is 0 Å². The van der Waals surface area contributed by atoms with Crippen molar-refractivity contribution in [2.24, 2.45) is 0 Å². The summed E-state index contributed by atoms with van der Waals surface area (Å²) in [5.74, 6) is 0.853. The van der Waals surface area contributed by atoms with E-state index in [0.717, 1.165) is 12.2 Å². The maximum atomic E-state index is 5.62. The molecule has 0 aliphatic carbocycles. The van der Waals surface area contributed by atoms with Crippen molar-refractivity contribution in [1.82, 2.24) is 0 Å². The Balaban J connectivity index is 1.80. The van der Waals surface area contributed by atoms with Crippen molar-refractivity contribution in [2.75, 3.05) is 19.8 Å². The highest BCUT2D eigenvalue weighted by atomic mass is 16.7. The van der Waals surface area contributed by atoms with Gasteiger partial charge in [-0.3, -0.25) is 0 Å². The van der Waals surface area contributed by atoms with Gasteiger partial charge in [0.05, 0.1) is 13.2 Å². The average molecular weight is 234 g/mol. The minimum atomic E-state index is -0.282. The van der Waals surface area contributed by atoms with Crippen LogP contribution < -0.4 is 4.74 Å². The standard InChI is InChI=1S/C14H18O3/c1-2-12-5-7-13(8-6-12)17-11-14-15-9-3-4-10-16-14/h3-8,14H,2,9-11H2,1H3. The van der Waals surface area contributed by atoms with Crippen molar-refractivity contribution < 1.29 is 14.2 Å². The molecule has 2 rings (SSSR count). The molecular weight excluding hydrogens is 216 g/mol. The van der Waals surface area contributed by atoms with Gasteiger partial charge >= 0.3 is 0 Å². The topological polar surface area (TPSA) is 27.7 Å². The quantitative estimate of drug-likeness (QED) is 0.749. The SMILES string of the molecule is CCc1ccc(OCC2OCC=CCO2)cc1. The van der Waals surface area contributed by atoms with Gasteiger partial charge in [0, 0.05) is 0 Å². The smallest absolute Gasteiger partial charge is 0.192 e. The van der Waals surface area contributed by atoms with Crippen molar-refractivity contribution >= 4 is 0 Å². The third kappa shape index (κ3) is 3.88. The van der Waals surface area contributed by atoms with E-state index in [4.69, 9.17) is 14.2 Å². The van der Waals surface area contributed by atoms with Gasteiger partial charge in [0.1, 0.15) is 12.4 Å². The number of hydrogen-bond acceptors (Lipinski definition) is 3. The Morgan fingerprint density at radius 1 is 1.12 bits per heavy atom. The Labute approximate surface area is 102 Å². The molecule has 92 valence electrons. The molecule has 0 saturated heterocycles. The maximum absolute atomic E-state index is 5.62. The summed E-state index contributed by atoms with van der Waals surface area (Å²) >= 11 is 0. The van der Waals surface area contributed by atoms with E-state index in [9.17, 15) is 0 Å². The molecule has 0 aromatic heterocycles. The maximum Gasteiger partial charge on any atom is 0.192 e. The molecule has 0 bridgehead atoms. The molecule has 1 aliphatic heterocycles. The van der Waals surface area contributed by atoms with Crippen LogP contribution in [0, 0.1) is 0 Å². The van der Waals surface area contributed by atoms with E-state index in [0.29, 0.717) is 19.8 Å². The second-order valence-electron chi connectivity index (χ2n) is 3.88. The molecule has 0 atom stereocenters. The minimum Gasteiger partial charge on any atom is -0.488 e. The van der Waals surface area contributed by atoms with Crippen LogP contribution >= 0.6 is 0 Å². The van der Waals surface area contributed by atoms with Gasteiger partial charge in [0.15, 0.2) is 6.29 Å². The Morgan fingerprint density at radius 3 is 2.35 bits per heavy atom. The summed E-state index contributed by atoms with van der Waals surface area (Å²) in [7, 11) is 0. The molecule has 0 spiro atoms. The highest BCUT2D eigenvalue weighted by Gasteiger charge is 2.11. The summed E-state index contributed by atoms with van der Waals surface area (Å²) in [4.78, 5) is 0. The van der Waals surface area contributed by atoms with Crippen LogP contribution in [0.2, 0.25) is 0 Å². The molecule has 1 aromatic rings. The predicted molar refractivity (Wildman–Crippen MR) is 66.1 cm³/mol. The molecule has 1 heterocycles. The molecule has 17 heavy (non-hydrogen) atoms. The summed E-state index contributed by atoms with van der Waals surface area (Å²) in [6.07, 6.45) is 4.67. The lowest BCUT2D eigenvalue weighted by atomic mass is 10.2. The average Bonchev–Trinajstić information content (AvgIpc) is 2.65. The molecule has 0 radical (unpaired) electrons. The summed E-state index contributed by atoms with van der Waals surface area (Å²) in [6, 6.07) is 8.11. The second-order valence-corrected chi connectivity index (χ2v) is 3.88. The Kier molecular flexibility index (Phi) is 4.59. The van der Waals surface area contributed by atoms with E-state index in [-0.39, 0.29) is 6.29 Å². The van der Waals surface area contributed by atoms with Gasteiger partial charge in [0.2, 0.25) is 0 Å². The van der Waals surface area contributed by atoms with Crippen LogP contribution in [0.5, 0.6) is 5.75 Å². The zero-order chi connectivity index (χ0) is 11.9. The van der Waals surface area contributed by atoms with Crippen LogP contribution in [-0.4, -0.2) is 26.1 Å². The van der Waals surface area contributed by atoms with E-state index < -0.39 is 0 Å². The lowest BCUT2D eigenvalue weighted by Gasteiger charge is -2.16. The second kappa shape index (κ2) is 6.42. The van der Waals surface area contributed by atoms with Gasteiger partial charge in [-0.05, 0) is 24.1 Å². The first-order valence-corrected chi connectivity index (χ1v) is 5.98. The lowest BCUT2D eigenvalue weighted by molar-refractivity contribution is -0.139. The van der Waals surface area contributed by atoms with E-state index in [1.807, 2.05) is 24.3 Å². The molecule has 0 saturated carbocycles. The van der Waals surface area contributed by atoms with Crippen LogP contribution in [0.1, 0.15) is 12.5 Å². The monoisotopic (exact) mass is 234 g/mol. The van der Waals surface area contributed by atoms with Gasteiger partial charge < -0.3 is 14.2 Å².